The molecular weight excluding hydrogens is 111 g/mol. The molecular formula is C4H3FN2O. The van der Waals surface area contributed by atoms with Crippen LogP contribution in [0.2, 0.25) is 0 Å². The molecule has 0 unspecified atom stereocenters. The van der Waals surface area contributed by atoms with Crippen LogP contribution in [0.4, 0.5) is 4.39 Å². The van der Waals surface area contributed by atoms with Crippen molar-refractivity contribution in [3.63, 3.8) is 0 Å². The highest BCUT2D eigenvalue weighted by Gasteiger charge is 2.01. The van der Waals surface area contributed by atoms with Crippen molar-refractivity contribution in [3.8, 4) is 0 Å². The Morgan fingerprint density at radius 1 is 1.88 bits per heavy atom. The summed E-state index contributed by atoms with van der Waals surface area (Å²) in [6.45, 7) is 0. The molecule has 0 aliphatic carbocycles. The molecule has 1 heterocycles. The van der Waals surface area contributed by atoms with Gasteiger partial charge in [0, 0.05) is 0 Å². The first-order valence-corrected chi connectivity index (χ1v) is 1.99. The minimum absolute atomic E-state index is 0.106. The van der Waals surface area contributed by atoms with Crippen LogP contribution in [0.3, 0.4) is 0 Å². The van der Waals surface area contributed by atoms with Gasteiger partial charge in [0.1, 0.15) is 5.69 Å². The number of nitrogens with one attached hydrogen (secondary N) is 1. The first-order valence-electron chi connectivity index (χ1n) is 1.99. The molecule has 0 saturated heterocycles. The highest BCUT2D eigenvalue weighted by atomic mass is 19.1. The second kappa shape index (κ2) is 1.73. The van der Waals surface area contributed by atoms with E-state index in [4.69, 9.17) is 0 Å². The number of H-pyrrole nitrogens is 1. The summed E-state index contributed by atoms with van der Waals surface area (Å²) in [5, 5.41) is 0. The van der Waals surface area contributed by atoms with Crippen molar-refractivity contribution >= 4 is 6.04 Å². The van der Waals surface area contributed by atoms with Gasteiger partial charge in [-0.3, -0.25) is 4.79 Å². The van der Waals surface area contributed by atoms with Crippen LogP contribution in [0.15, 0.2) is 12.5 Å². The number of rotatable bonds is 1. The fraction of sp³-hybridized carbons (Fsp3) is 0. The molecule has 0 spiro atoms. The zero-order valence-corrected chi connectivity index (χ0v) is 3.89. The molecule has 0 atom stereocenters. The van der Waals surface area contributed by atoms with Gasteiger partial charge in [-0.05, 0) is 0 Å². The van der Waals surface area contributed by atoms with Crippen molar-refractivity contribution in [1.29, 1.82) is 0 Å². The molecule has 4 heteroatoms. The molecule has 0 aliphatic heterocycles. The monoisotopic (exact) mass is 114 g/mol. The molecule has 0 bridgehead atoms. The summed E-state index contributed by atoms with van der Waals surface area (Å²) >= 11 is 0. The first-order chi connectivity index (χ1) is 3.80. The molecule has 3 nitrogen and oxygen atoms in total. The van der Waals surface area contributed by atoms with Gasteiger partial charge in [-0.1, -0.05) is 0 Å². The smallest absolute Gasteiger partial charge is 0.340 e. The minimum atomic E-state index is -1.48. The van der Waals surface area contributed by atoms with E-state index in [1.165, 1.54) is 6.33 Å². The number of nitrogens with zero attached hydrogens (tertiary/aromatic N) is 1. The predicted octanol–water partition coefficient (Wildman–Crippen LogP) is 0.519. The van der Waals surface area contributed by atoms with Crippen molar-refractivity contribution in [2.75, 3.05) is 0 Å². The molecule has 1 aromatic rings. The molecule has 0 fully saturated rings. The van der Waals surface area contributed by atoms with E-state index < -0.39 is 6.04 Å². The van der Waals surface area contributed by atoms with E-state index in [0.29, 0.717) is 0 Å². The van der Waals surface area contributed by atoms with E-state index in [-0.39, 0.29) is 5.69 Å². The van der Waals surface area contributed by atoms with Gasteiger partial charge in [0.25, 0.3) is 0 Å². The Hall–Kier alpha value is -1.19. The molecule has 8 heavy (non-hydrogen) atoms. The summed E-state index contributed by atoms with van der Waals surface area (Å²) in [6.07, 6.45) is 2.37. The zero-order valence-electron chi connectivity index (χ0n) is 3.89. The summed E-state index contributed by atoms with van der Waals surface area (Å²) in [5.41, 5.74) is -0.106. The number of carbonyl (C=O) groups excluding carboxylic acids is 1. The molecule has 0 saturated carbocycles. The van der Waals surface area contributed by atoms with E-state index >= 15 is 0 Å². The number of aromatic nitrogens is 2. The lowest BCUT2D eigenvalue weighted by Crippen LogP contribution is -1.87. The second-order valence-corrected chi connectivity index (χ2v) is 1.24. The van der Waals surface area contributed by atoms with Gasteiger partial charge < -0.3 is 4.98 Å². The number of hydrogen-bond donors (Lipinski definition) is 1. The largest absolute Gasteiger partial charge is 0.349 e. The normalized spacial score (nSPS) is 9.12. The molecule has 0 radical (unpaired) electrons. The molecule has 1 aromatic heterocycles. The third-order valence-electron chi connectivity index (χ3n) is 0.710. The van der Waals surface area contributed by atoms with Gasteiger partial charge in [0.15, 0.2) is 0 Å². The van der Waals surface area contributed by atoms with Crippen molar-refractivity contribution in [2.45, 2.75) is 0 Å². The summed E-state index contributed by atoms with van der Waals surface area (Å²) < 4.78 is 11.6. The average molecular weight is 114 g/mol. The van der Waals surface area contributed by atoms with Crippen LogP contribution >= 0.6 is 0 Å². The van der Waals surface area contributed by atoms with E-state index in [0.717, 1.165) is 6.20 Å². The van der Waals surface area contributed by atoms with Crippen LogP contribution in [0.25, 0.3) is 0 Å². The van der Waals surface area contributed by atoms with E-state index in [9.17, 15) is 9.18 Å². The summed E-state index contributed by atoms with van der Waals surface area (Å²) in [4.78, 5) is 15.5. The lowest BCUT2D eigenvalue weighted by molar-refractivity contribution is 0.0831. The Morgan fingerprint density at radius 3 is 2.88 bits per heavy atom. The highest BCUT2D eigenvalue weighted by molar-refractivity contribution is 5.85. The third kappa shape index (κ3) is 0.726. The van der Waals surface area contributed by atoms with Crippen LogP contribution in [0.1, 0.15) is 10.5 Å². The van der Waals surface area contributed by atoms with Gasteiger partial charge in [-0.15, -0.1) is 0 Å². The third-order valence-corrected chi connectivity index (χ3v) is 0.710. The van der Waals surface area contributed by atoms with Crippen molar-refractivity contribution in [1.82, 2.24) is 9.97 Å². The quantitative estimate of drug-likeness (QED) is 0.541. The molecule has 42 valence electrons. The number of halogens is 1. The van der Waals surface area contributed by atoms with Gasteiger partial charge in [0.05, 0.1) is 12.5 Å². The van der Waals surface area contributed by atoms with Crippen LogP contribution in [-0.2, 0) is 0 Å². The first kappa shape index (κ1) is 4.96. The summed E-state index contributed by atoms with van der Waals surface area (Å²) in [6, 6.07) is -1.48. The average Bonchev–Trinajstić information content (AvgIpc) is 2.12. The molecule has 0 aliphatic rings. The summed E-state index contributed by atoms with van der Waals surface area (Å²) in [7, 11) is 0. The maximum atomic E-state index is 11.6. The SMILES string of the molecule is O=C(F)c1cnc[nH]1. The number of aromatic amines is 1. The lowest BCUT2D eigenvalue weighted by atomic mass is 10.5. The molecule has 1 N–H and O–H groups in total. The molecule has 0 amide bonds. The van der Waals surface area contributed by atoms with Gasteiger partial charge in [-0.2, -0.15) is 4.39 Å². The van der Waals surface area contributed by atoms with E-state index in [1.807, 2.05) is 0 Å². The number of hydrogen-bond acceptors (Lipinski definition) is 2. The number of imidazole rings is 1. The fourth-order valence-electron chi connectivity index (χ4n) is 0.363. The Morgan fingerprint density at radius 2 is 2.62 bits per heavy atom. The van der Waals surface area contributed by atoms with E-state index in [2.05, 4.69) is 9.97 Å². The Balaban J connectivity index is 2.93. The Kier molecular flexibility index (Phi) is 1.07. The van der Waals surface area contributed by atoms with Gasteiger partial charge in [0.2, 0.25) is 0 Å². The minimum Gasteiger partial charge on any atom is -0.340 e. The van der Waals surface area contributed by atoms with Crippen LogP contribution < -0.4 is 0 Å². The number of carbonyl (C=O) groups is 1. The summed E-state index contributed by atoms with van der Waals surface area (Å²) in [5.74, 6) is 0. The maximum Gasteiger partial charge on any atom is 0.349 e. The van der Waals surface area contributed by atoms with Crippen LogP contribution in [0, 0.1) is 0 Å². The van der Waals surface area contributed by atoms with Crippen molar-refractivity contribution in [2.24, 2.45) is 0 Å². The standard InChI is InChI=1S/C4H3FN2O/c5-4(8)3-1-6-2-7-3/h1-2H,(H,6,7). The topological polar surface area (TPSA) is 45.8 Å². The molecule has 0 aromatic carbocycles. The van der Waals surface area contributed by atoms with Crippen molar-refractivity contribution in [3.05, 3.63) is 18.2 Å². The maximum absolute atomic E-state index is 11.6. The van der Waals surface area contributed by atoms with Gasteiger partial charge in [-0.25, -0.2) is 4.98 Å². The predicted molar refractivity (Wildman–Crippen MR) is 24.0 cm³/mol. The Labute approximate surface area is 44.6 Å². The van der Waals surface area contributed by atoms with E-state index in [1.54, 1.807) is 0 Å². The van der Waals surface area contributed by atoms with Crippen molar-refractivity contribution < 1.29 is 9.18 Å². The van der Waals surface area contributed by atoms with Gasteiger partial charge >= 0.3 is 6.04 Å². The zero-order chi connectivity index (χ0) is 5.98. The lowest BCUT2D eigenvalue weighted by Gasteiger charge is -1.75. The molecule has 1 rings (SSSR count). The van der Waals surface area contributed by atoms with Crippen LogP contribution in [0.5, 0.6) is 0 Å². The second-order valence-electron chi connectivity index (χ2n) is 1.24. The highest BCUT2D eigenvalue weighted by Crippen LogP contribution is 1.91. The Bertz CT molecular complexity index is 182. The van der Waals surface area contributed by atoms with Crippen LogP contribution in [-0.4, -0.2) is 16.0 Å². The fourth-order valence-corrected chi connectivity index (χ4v) is 0.363.